The zero-order chi connectivity index (χ0) is 19.9. The first kappa shape index (κ1) is 18.7. The second kappa shape index (κ2) is 7.05. The van der Waals surface area contributed by atoms with E-state index in [-0.39, 0.29) is 30.9 Å². The van der Waals surface area contributed by atoms with Crippen LogP contribution in [0.3, 0.4) is 0 Å². The Bertz CT molecular complexity index is 892. The van der Waals surface area contributed by atoms with Crippen LogP contribution in [-0.4, -0.2) is 58.0 Å². The third-order valence-corrected chi connectivity index (χ3v) is 5.93. The van der Waals surface area contributed by atoms with Crippen molar-refractivity contribution in [2.45, 2.75) is 26.2 Å². The summed E-state index contributed by atoms with van der Waals surface area (Å²) in [5, 5.41) is 14.4. The Labute approximate surface area is 163 Å². The van der Waals surface area contributed by atoms with Crippen LogP contribution in [0.4, 0.5) is 0 Å². The number of hydrogen-bond donors (Lipinski definition) is 1. The van der Waals surface area contributed by atoms with Crippen molar-refractivity contribution in [2.75, 3.05) is 26.3 Å². The Morgan fingerprint density at radius 2 is 2.04 bits per heavy atom. The number of likely N-dealkylation sites (tertiary alicyclic amines) is 1. The van der Waals surface area contributed by atoms with Crippen LogP contribution >= 0.6 is 0 Å². The summed E-state index contributed by atoms with van der Waals surface area (Å²) in [5.74, 6) is -0.991. The molecule has 2 saturated heterocycles. The summed E-state index contributed by atoms with van der Waals surface area (Å²) in [5.41, 5.74) is 1.20. The third-order valence-electron chi connectivity index (χ3n) is 5.93. The van der Waals surface area contributed by atoms with E-state index < -0.39 is 11.4 Å². The van der Waals surface area contributed by atoms with Gasteiger partial charge in [-0.1, -0.05) is 32.0 Å². The number of para-hydroxylation sites is 1. The average Bonchev–Trinajstić information content (AvgIpc) is 3.31. The molecule has 1 amide bonds. The molecule has 148 valence electrons. The lowest BCUT2D eigenvalue weighted by atomic mass is 9.76. The van der Waals surface area contributed by atoms with Gasteiger partial charge in [0.2, 0.25) is 0 Å². The molecule has 0 bridgehead atoms. The van der Waals surface area contributed by atoms with E-state index in [0.29, 0.717) is 25.3 Å². The van der Waals surface area contributed by atoms with E-state index in [1.807, 2.05) is 36.4 Å². The molecule has 4 rings (SSSR count). The monoisotopic (exact) mass is 383 g/mol. The standard InChI is InChI=1S/C21H25N3O4/c1-14(2)18-10-17(22-24(18)16-6-4-3-5-7-16)19(25)23-11-15-8-9-28-13-21(15,12-23)20(26)27/h3-7,10,14-15H,8-9,11-13H2,1-2H3,(H,26,27)/t15-,21+/m0/s1. The fraction of sp³-hybridized carbons (Fsp3) is 0.476. The number of carboxylic acids is 1. The molecule has 3 heterocycles. The molecule has 1 aromatic carbocycles. The lowest BCUT2D eigenvalue weighted by Crippen LogP contribution is -2.46. The number of carbonyl (C=O) groups excluding carboxylic acids is 1. The van der Waals surface area contributed by atoms with E-state index in [2.05, 4.69) is 18.9 Å². The number of carbonyl (C=O) groups is 2. The summed E-state index contributed by atoms with van der Waals surface area (Å²) in [6.07, 6.45) is 0.659. The van der Waals surface area contributed by atoms with Gasteiger partial charge in [0.1, 0.15) is 5.41 Å². The molecule has 0 aliphatic carbocycles. The number of rotatable bonds is 4. The highest BCUT2D eigenvalue weighted by Crippen LogP contribution is 2.42. The largest absolute Gasteiger partial charge is 0.481 e. The molecular formula is C21H25N3O4. The van der Waals surface area contributed by atoms with Gasteiger partial charge < -0.3 is 14.7 Å². The summed E-state index contributed by atoms with van der Waals surface area (Å²) < 4.78 is 7.26. The highest BCUT2D eigenvalue weighted by atomic mass is 16.5. The van der Waals surface area contributed by atoms with Crippen molar-refractivity contribution in [1.82, 2.24) is 14.7 Å². The highest BCUT2D eigenvalue weighted by Gasteiger charge is 2.55. The predicted octanol–water partition coefficient (Wildman–Crippen LogP) is 2.56. The number of benzene rings is 1. The van der Waals surface area contributed by atoms with Crippen LogP contribution in [-0.2, 0) is 9.53 Å². The van der Waals surface area contributed by atoms with Crippen LogP contribution < -0.4 is 0 Å². The van der Waals surface area contributed by atoms with Crippen LogP contribution in [0.25, 0.3) is 5.69 Å². The summed E-state index contributed by atoms with van der Waals surface area (Å²) >= 11 is 0. The van der Waals surface area contributed by atoms with Crippen LogP contribution in [0.2, 0.25) is 0 Å². The maximum absolute atomic E-state index is 13.2. The second-order valence-electron chi connectivity index (χ2n) is 8.04. The van der Waals surface area contributed by atoms with E-state index >= 15 is 0 Å². The third kappa shape index (κ3) is 2.99. The van der Waals surface area contributed by atoms with Crippen molar-refractivity contribution >= 4 is 11.9 Å². The molecule has 2 aromatic rings. The quantitative estimate of drug-likeness (QED) is 0.877. The molecule has 7 nitrogen and oxygen atoms in total. The van der Waals surface area contributed by atoms with Crippen LogP contribution in [0.1, 0.15) is 42.4 Å². The van der Waals surface area contributed by atoms with Gasteiger partial charge in [0.25, 0.3) is 5.91 Å². The van der Waals surface area contributed by atoms with E-state index in [0.717, 1.165) is 11.4 Å². The number of fused-ring (bicyclic) bond motifs is 1. The van der Waals surface area contributed by atoms with E-state index in [9.17, 15) is 14.7 Å². The lowest BCUT2D eigenvalue weighted by molar-refractivity contribution is -0.159. The van der Waals surface area contributed by atoms with Gasteiger partial charge in [-0.15, -0.1) is 0 Å². The summed E-state index contributed by atoms with van der Waals surface area (Å²) in [7, 11) is 0. The summed E-state index contributed by atoms with van der Waals surface area (Å²) in [6.45, 7) is 5.43. The van der Waals surface area contributed by atoms with Crippen molar-refractivity contribution in [3.8, 4) is 5.69 Å². The van der Waals surface area contributed by atoms with Crippen molar-refractivity contribution in [3.63, 3.8) is 0 Å². The number of nitrogens with zero attached hydrogens (tertiary/aromatic N) is 3. The molecule has 1 aromatic heterocycles. The summed E-state index contributed by atoms with van der Waals surface area (Å²) in [4.78, 5) is 26.8. The van der Waals surface area contributed by atoms with Crippen molar-refractivity contribution < 1.29 is 19.4 Å². The Morgan fingerprint density at radius 1 is 1.29 bits per heavy atom. The zero-order valence-corrected chi connectivity index (χ0v) is 16.2. The molecule has 2 aliphatic heterocycles. The fourth-order valence-corrected chi connectivity index (χ4v) is 4.29. The number of hydrogen-bond acceptors (Lipinski definition) is 4. The number of aromatic nitrogens is 2. The van der Waals surface area contributed by atoms with Gasteiger partial charge in [0, 0.05) is 25.4 Å². The molecule has 2 fully saturated rings. The minimum atomic E-state index is -1.00. The van der Waals surface area contributed by atoms with Crippen molar-refractivity contribution in [3.05, 3.63) is 47.8 Å². The molecule has 0 saturated carbocycles. The lowest BCUT2D eigenvalue weighted by Gasteiger charge is -2.33. The van der Waals surface area contributed by atoms with Gasteiger partial charge in [-0.25, -0.2) is 4.68 Å². The number of ether oxygens (including phenoxy) is 1. The molecule has 0 spiro atoms. The SMILES string of the molecule is CC(C)c1cc(C(=O)N2C[C@@H]3CCOC[C@]3(C(=O)O)C2)nn1-c1ccccc1. The Morgan fingerprint density at radius 3 is 2.68 bits per heavy atom. The molecular weight excluding hydrogens is 358 g/mol. The average molecular weight is 383 g/mol. The number of carboxylic acid groups (broad SMARTS) is 1. The van der Waals surface area contributed by atoms with Crippen molar-refractivity contribution in [2.24, 2.45) is 11.3 Å². The molecule has 2 aliphatic rings. The first-order chi connectivity index (χ1) is 13.4. The van der Waals surface area contributed by atoms with Gasteiger partial charge in [0.05, 0.1) is 12.3 Å². The van der Waals surface area contributed by atoms with Crippen LogP contribution in [0.15, 0.2) is 36.4 Å². The van der Waals surface area contributed by atoms with Crippen LogP contribution in [0, 0.1) is 11.3 Å². The molecule has 1 N–H and O–H groups in total. The smallest absolute Gasteiger partial charge is 0.314 e. The Kier molecular flexibility index (Phi) is 4.71. The molecule has 7 heteroatoms. The normalized spacial score (nSPS) is 24.4. The van der Waals surface area contributed by atoms with Gasteiger partial charge in [0.15, 0.2) is 5.69 Å². The number of amides is 1. The van der Waals surface area contributed by atoms with E-state index in [1.165, 1.54) is 0 Å². The highest BCUT2D eigenvalue weighted by molar-refractivity contribution is 5.93. The van der Waals surface area contributed by atoms with E-state index in [1.54, 1.807) is 9.58 Å². The van der Waals surface area contributed by atoms with Crippen molar-refractivity contribution in [1.29, 1.82) is 0 Å². The molecule has 0 radical (unpaired) electrons. The Hall–Kier alpha value is -2.67. The Balaban J connectivity index is 1.65. The van der Waals surface area contributed by atoms with E-state index in [4.69, 9.17) is 4.74 Å². The topological polar surface area (TPSA) is 84.7 Å². The minimum Gasteiger partial charge on any atom is -0.481 e. The maximum Gasteiger partial charge on any atom is 0.314 e. The van der Waals surface area contributed by atoms with Gasteiger partial charge >= 0.3 is 5.97 Å². The van der Waals surface area contributed by atoms with Gasteiger partial charge in [-0.05, 0) is 36.5 Å². The minimum absolute atomic E-state index is 0.0801. The predicted molar refractivity (Wildman–Crippen MR) is 103 cm³/mol. The van der Waals surface area contributed by atoms with Gasteiger partial charge in [-0.2, -0.15) is 5.10 Å². The van der Waals surface area contributed by atoms with Crippen LogP contribution in [0.5, 0.6) is 0 Å². The maximum atomic E-state index is 13.2. The first-order valence-corrected chi connectivity index (χ1v) is 9.68. The first-order valence-electron chi connectivity index (χ1n) is 9.68. The molecule has 0 unspecified atom stereocenters. The molecule has 28 heavy (non-hydrogen) atoms. The zero-order valence-electron chi connectivity index (χ0n) is 16.2. The number of aliphatic carboxylic acids is 1. The molecule has 2 atom stereocenters. The summed E-state index contributed by atoms with van der Waals surface area (Å²) in [6, 6.07) is 11.5. The van der Waals surface area contributed by atoms with Gasteiger partial charge in [-0.3, -0.25) is 9.59 Å². The second-order valence-corrected chi connectivity index (χ2v) is 8.04. The fourth-order valence-electron chi connectivity index (χ4n) is 4.29.